The number of benzene rings is 1. The van der Waals surface area contributed by atoms with Crippen LogP contribution in [0.2, 0.25) is 0 Å². The van der Waals surface area contributed by atoms with Crippen molar-refractivity contribution >= 4 is 15.2 Å². The van der Waals surface area contributed by atoms with E-state index < -0.39 is 5.16 Å². The number of ether oxygens (including phenoxy) is 1. The van der Waals surface area contributed by atoms with Crippen molar-refractivity contribution in [1.82, 2.24) is 0 Å². The Labute approximate surface area is 106 Å². The van der Waals surface area contributed by atoms with Crippen LogP contribution in [-0.4, -0.2) is 11.1 Å². The monoisotopic (exact) mass is 252 g/mol. The number of carbonyl (C=O) groups excluding carboxylic acids is 1. The standard InChI is InChI=1S/C14H21O2P/c1-11(2)9-14(3,17)13(15)16-10-12-7-5-4-6-8-12/h4-8,11H,9-10,17H2,1-3H3. The SMILES string of the molecule is CC(C)CC(C)(P)C(=O)OCc1ccccc1. The zero-order valence-corrected chi connectivity index (χ0v) is 11.9. The van der Waals surface area contributed by atoms with Crippen molar-refractivity contribution < 1.29 is 9.53 Å². The van der Waals surface area contributed by atoms with Gasteiger partial charge in [0, 0.05) is 0 Å². The maximum absolute atomic E-state index is 11.9. The fourth-order valence-electron chi connectivity index (χ4n) is 1.82. The summed E-state index contributed by atoms with van der Waals surface area (Å²) in [4.78, 5) is 11.9. The molecule has 94 valence electrons. The summed E-state index contributed by atoms with van der Waals surface area (Å²) >= 11 is 0. The van der Waals surface area contributed by atoms with Gasteiger partial charge < -0.3 is 4.74 Å². The van der Waals surface area contributed by atoms with Gasteiger partial charge in [-0.05, 0) is 24.8 Å². The average Bonchev–Trinajstić information content (AvgIpc) is 2.25. The van der Waals surface area contributed by atoms with Gasteiger partial charge in [0.05, 0.1) is 5.16 Å². The van der Waals surface area contributed by atoms with E-state index >= 15 is 0 Å². The predicted molar refractivity (Wildman–Crippen MR) is 73.8 cm³/mol. The lowest BCUT2D eigenvalue weighted by molar-refractivity contribution is -0.148. The highest BCUT2D eigenvalue weighted by Gasteiger charge is 2.30. The van der Waals surface area contributed by atoms with Gasteiger partial charge in [-0.15, -0.1) is 9.24 Å². The fourth-order valence-corrected chi connectivity index (χ4v) is 2.37. The van der Waals surface area contributed by atoms with Crippen molar-refractivity contribution in [3.05, 3.63) is 35.9 Å². The van der Waals surface area contributed by atoms with Gasteiger partial charge in [0.2, 0.25) is 0 Å². The fraction of sp³-hybridized carbons (Fsp3) is 0.500. The second-order valence-corrected chi connectivity index (χ2v) is 6.35. The quantitative estimate of drug-likeness (QED) is 0.593. The molecule has 0 radical (unpaired) electrons. The molecule has 2 nitrogen and oxygen atoms in total. The highest BCUT2D eigenvalue weighted by molar-refractivity contribution is 7.20. The van der Waals surface area contributed by atoms with Gasteiger partial charge in [-0.2, -0.15) is 0 Å². The van der Waals surface area contributed by atoms with Crippen molar-refractivity contribution in [3.8, 4) is 0 Å². The van der Waals surface area contributed by atoms with Crippen LogP contribution in [0.4, 0.5) is 0 Å². The molecule has 1 aromatic rings. The Hall–Kier alpha value is -0.880. The summed E-state index contributed by atoms with van der Waals surface area (Å²) < 4.78 is 5.33. The van der Waals surface area contributed by atoms with Crippen molar-refractivity contribution in [2.75, 3.05) is 0 Å². The highest BCUT2D eigenvalue weighted by atomic mass is 31.0. The van der Waals surface area contributed by atoms with E-state index in [0.717, 1.165) is 12.0 Å². The molecule has 0 aliphatic carbocycles. The van der Waals surface area contributed by atoms with Crippen LogP contribution in [0, 0.1) is 5.92 Å². The van der Waals surface area contributed by atoms with E-state index in [0.29, 0.717) is 12.5 Å². The first-order valence-corrected chi connectivity index (χ1v) is 6.49. The van der Waals surface area contributed by atoms with Crippen LogP contribution in [0.25, 0.3) is 0 Å². The van der Waals surface area contributed by atoms with Gasteiger partial charge >= 0.3 is 5.97 Å². The van der Waals surface area contributed by atoms with Crippen molar-refractivity contribution in [1.29, 1.82) is 0 Å². The van der Waals surface area contributed by atoms with Gasteiger partial charge in [0.25, 0.3) is 0 Å². The molecule has 2 atom stereocenters. The number of hydrogen-bond donors (Lipinski definition) is 0. The molecular formula is C14H21O2P. The second-order valence-electron chi connectivity index (χ2n) is 5.08. The first-order chi connectivity index (χ1) is 7.92. The Morgan fingerprint density at radius 3 is 2.47 bits per heavy atom. The molecule has 1 aromatic carbocycles. The summed E-state index contributed by atoms with van der Waals surface area (Å²) in [5.41, 5.74) is 1.02. The van der Waals surface area contributed by atoms with E-state index in [1.807, 2.05) is 37.3 Å². The molecule has 0 amide bonds. The minimum Gasteiger partial charge on any atom is -0.460 e. The minimum atomic E-state index is -0.483. The summed E-state index contributed by atoms with van der Waals surface area (Å²) in [6.45, 7) is 6.46. The van der Waals surface area contributed by atoms with Crippen molar-refractivity contribution in [2.45, 2.75) is 39.0 Å². The molecule has 0 heterocycles. The third-order valence-electron chi connectivity index (χ3n) is 2.51. The summed E-state index contributed by atoms with van der Waals surface area (Å²) in [5.74, 6) is 0.321. The van der Waals surface area contributed by atoms with E-state index in [4.69, 9.17) is 4.74 Å². The molecule has 0 aromatic heterocycles. The molecule has 1 rings (SSSR count). The maximum Gasteiger partial charge on any atom is 0.315 e. The van der Waals surface area contributed by atoms with Crippen molar-refractivity contribution in [3.63, 3.8) is 0 Å². The summed E-state index contributed by atoms with van der Waals surface area (Å²) in [6, 6.07) is 9.74. The lowest BCUT2D eigenvalue weighted by Gasteiger charge is -2.24. The smallest absolute Gasteiger partial charge is 0.315 e. The first-order valence-electron chi connectivity index (χ1n) is 5.92. The number of esters is 1. The van der Waals surface area contributed by atoms with Gasteiger partial charge in [0.15, 0.2) is 0 Å². The molecule has 0 N–H and O–H groups in total. The van der Waals surface area contributed by atoms with Crippen molar-refractivity contribution in [2.24, 2.45) is 5.92 Å². The van der Waals surface area contributed by atoms with Crippen LogP contribution in [0.5, 0.6) is 0 Å². The largest absolute Gasteiger partial charge is 0.460 e. The molecule has 0 saturated carbocycles. The van der Waals surface area contributed by atoms with E-state index in [-0.39, 0.29) is 5.97 Å². The van der Waals surface area contributed by atoms with Gasteiger partial charge in [-0.3, -0.25) is 4.79 Å². The molecule has 3 heteroatoms. The first kappa shape index (κ1) is 14.2. The number of carbonyl (C=O) groups is 1. The molecule has 2 unspecified atom stereocenters. The van der Waals surface area contributed by atoms with Gasteiger partial charge in [-0.25, -0.2) is 0 Å². The van der Waals surface area contributed by atoms with Crippen LogP contribution in [0.1, 0.15) is 32.8 Å². The predicted octanol–water partition coefficient (Wildman–Crippen LogP) is 3.41. The lowest BCUT2D eigenvalue weighted by atomic mass is 9.98. The Kier molecular flexibility index (Phi) is 5.14. The van der Waals surface area contributed by atoms with Crippen LogP contribution >= 0.6 is 9.24 Å². The van der Waals surface area contributed by atoms with E-state index in [1.165, 1.54) is 0 Å². The number of hydrogen-bond acceptors (Lipinski definition) is 2. The Balaban J connectivity index is 2.49. The summed E-state index contributed by atoms with van der Waals surface area (Å²) in [7, 11) is 2.61. The molecule has 17 heavy (non-hydrogen) atoms. The van der Waals surface area contributed by atoms with Gasteiger partial charge in [-0.1, -0.05) is 44.2 Å². The average molecular weight is 252 g/mol. The van der Waals surface area contributed by atoms with E-state index in [9.17, 15) is 4.79 Å². The zero-order chi connectivity index (χ0) is 12.9. The minimum absolute atomic E-state index is 0.153. The molecule has 0 saturated heterocycles. The third kappa shape index (κ3) is 4.87. The summed E-state index contributed by atoms with van der Waals surface area (Å²) in [5, 5.41) is -0.483. The highest BCUT2D eigenvalue weighted by Crippen LogP contribution is 2.28. The summed E-state index contributed by atoms with van der Waals surface area (Å²) in [6.07, 6.45) is 0.811. The van der Waals surface area contributed by atoms with E-state index in [2.05, 4.69) is 23.1 Å². The number of rotatable bonds is 5. The molecule has 0 spiro atoms. The topological polar surface area (TPSA) is 26.3 Å². The Morgan fingerprint density at radius 1 is 1.35 bits per heavy atom. The zero-order valence-electron chi connectivity index (χ0n) is 10.8. The second kappa shape index (κ2) is 6.16. The molecule has 0 bridgehead atoms. The normalized spacial score (nSPS) is 14.4. The van der Waals surface area contributed by atoms with Crippen LogP contribution in [0.3, 0.4) is 0 Å². The lowest BCUT2D eigenvalue weighted by Crippen LogP contribution is -2.31. The van der Waals surface area contributed by atoms with Crippen LogP contribution in [-0.2, 0) is 16.1 Å². The third-order valence-corrected chi connectivity index (χ3v) is 2.98. The van der Waals surface area contributed by atoms with Gasteiger partial charge in [0.1, 0.15) is 6.61 Å². The molecular weight excluding hydrogens is 231 g/mol. The van der Waals surface area contributed by atoms with Crippen LogP contribution < -0.4 is 0 Å². The molecule has 0 fully saturated rings. The van der Waals surface area contributed by atoms with Crippen LogP contribution in [0.15, 0.2) is 30.3 Å². The molecule has 0 aliphatic heterocycles. The van der Waals surface area contributed by atoms with E-state index in [1.54, 1.807) is 0 Å². The Bertz CT molecular complexity index is 358. The molecule has 0 aliphatic rings. The Morgan fingerprint density at radius 2 is 1.94 bits per heavy atom. The maximum atomic E-state index is 11.9.